The number of rotatable bonds is 6. The van der Waals surface area contributed by atoms with E-state index < -0.39 is 28.0 Å². The van der Waals surface area contributed by atoms with Crippen LogP contribution in [0.1, 0.15) is 36.7 Å². The van der Waals surface area contributed by atoms with Crippen molar-refractivity contribution >= 4 is 22.0 Å². The van der Waals surface area contributed by atoms with E-state index in [1.54, 1.807) is 26.1 Å². The van der Waals surface area contributed by atoms with E-state index in [0.717, 1.165) is 5.56 Å². The summed E-state index contributed by atoms with van der Waals surface area (Å²) in [5.41, 5.74) is 1.12. The lowest BCUT2D eigenvalue weighted by atomic mass is 10.0. The Morgan fingerprint density at radius 3 is 2.59 bits per heavy atom. The summed E-state index contributed by atoms with van der Waals surface area (Å²) in [4.78, 5) is 14.4. The number of ether oxygens (including phenoxy) is 1. The number of allylic oxidation sites excluding steroid dienone is 1. The minimum Gasteiger partial charge on any atom is -0.487 e. The van der Waals surface area contributed by atoms with E-state index in [4.69, 9.17) is 4.74 Å². The van der Waals surface area contributed by atoms with Crippen molar-refractivity contribution < 1.29 is 27.4 Å². The molecule has 0 aliphatic carbocycles. The number of benzene rings is 2. The highest BCUT2D eigenvalue weighted by atomic mass is 32.2. The topological polar surface area (TPSA) is 87.2 Å². The molecular formula is C25H31FN2O5S. The third kappa shape index (κ3) is 5.48. The van der Waals surface area contributed by atoms with E-state index in [1.807, 2.05) is 26.0 Å². The Kier molecular flexibility index (Phi) is 8.12. The maximum atomic E-state index is 13.5. The van der Waals surface area contributed by atoms with Crippen LogP contribution >= 0.6 is 0 Å². The molecule has 2 aromatic carbocycles. The summed E-state index contributed by atoms with van der Waals surface area (Å²) in [7, 11) is -2.30. The van der Waals surface area contributed by atoms with Gasteiger partial charge in [0, 0.05) is 31.1 Å². The van der Waals surface area contributed by atoms with Crippen molar-refractivity contribution in [1.29, 1.82) is 0 Å². The molecule has 7 nitrogen and oxygen atoms in total. The normalized spacial score (nSPS) is 21.2. The molecule has 0 aromatic heterocycles. The lowest BCUT2D eigenvalue weighted by molar-refractivity contribution is 0.0563. The summed E-state index contributed by atoms with van der Waals surface area (Å²) in [6.45, 7) is 5.34. The van der Waals surface area contributed by atoms with Crippen LogP contribution in [0.15, 0.2) is 53.4 Å². The largest absolute Gasteiger partial charge is 0.487 e. The lowest BCUT2D eigenvalue weighted by Gasteiger charge is -2.37. The summed E-state index contributed by atoms with van der Waals surface area (Å²) in [6, 6.07) is 9.55. The summed E-state index contributed by atoms with van der Waals surface area (Å²) in [5, 5.41) is 9.73. The van der Waals surface area contributed by atoms with Crippen molar-refractivity contribution in [1.82, 2.24) is 9.21 Å². The number of carbonyl (C=O) groups is 1. The van der Waals surface area contributed by atoms with E-state index in [0.29, 0.717) is 5.56 Å². The number of carbonyl (C=O) groups excluding carboxylic acids is 1. The number of halogens is 1. The third-order valence-electron chi connectivity index (χ3n) is 5.94. The smallest absolute Gasteiger partial charge is 0.253 e. The summed E-state index contributed by atoms with van der Waals surface area (Å²) in [5.74, 6) is -0.825. The van der Waals surface area contributed by atoms with Gasteiger partial charge in [-0.2, -0.15) is 4.31 Å². The summed E-state index contributed by atoms with van der Waals surface area (Å²) >= 11 is 0. The molecule has 2 aromatic rings. The molecule has 0 spiro atoms. The second-order valence-electron chi connectivity index (χ2n) is 8.64. The number of hydrogen-bond donors (Lipinski definition) is 1. The highest BCUT2D eigenvalue weighted by Gasteiger charge is 2.38. The fraction of sp³-hybridized carbons (Fsp3) is 0.400. The predicted octanol–water partition coefficient (Wildman–Crippen LogP) is 3.40. The Bertz CT molecular complexity index is 1150. The number of sulfonamides is 1. The first kappa shape index (κ1) is 25.9. The quantitative estimate of drug-likeness (QED) is 0.671. The van der Waals surface area contributed by atoms with Gasteiger partial charge >= 0.3 is 0 Å². The van der Waals surface area contributed by atoms with Crippen LogP contribution in [-0.2, 0) is 10.0 Å². The molecule has 1 amide bonds. The highest BCUT2D eigenvalue weighted by Crippen LogP contribution is 2.34. The molecular weight excluding hydrogens is 459 g/mol. The fourth-order valence-electron chi connectivity index (χ4n) is 3.92. The Labute approximate surface area is 200 Å². The van der Waals surface area contributed by atoms with E-state index >= 15 is 0 Å². The highest BCUT2D eigenvalue weighted by molar-refractivity contribution is 7.89. The van der Waals surface area contributed by atoms with Crippen LogP contribution in [0.5, 0.6) is 5.75 Å². The summed E-state index contributed by atoms with van der Waals surface area (Å²) < 4.78 is 47.7. The number of aliphatic hydroxyl groups excluding tert-OH is 1. The van der Waals surface area contributed by atoms with Gasteiger partial charge in [-0.15, -0.1) is 0 Å². The van der Waals surface area contributed by atoms with E-state index in [2.05, 4.69) is 0 Å². The molecule has 0 unspecified atom stereocenters. The third-order valence-corrected chi connectivity index (χ3v) is 7.96. The zero-order valence-corrected chi connectivity index (χ0v) is 20.6. The van der Waals surface area contributed by atoms with Crippen LogP contribution in [0.25, 0.3) is 6.08 Å². The Morgan fingerprint density at radius 2 is 1.97 bits per heavy atom. The van der Waals surface area contributed by atoms with Crippen LogP contribution in [0.4, 0.5) is 4.39 Å². The maximum Gasteiger partial charge on any atom is 0.253 e. The molecule has 1 N–H and O–H groups in total. The molecule has 34 heavy (non-hydrogen) atoms. The van der Waals surface area contributed by atoms with Crippen molar-refractivity contribution in [2.75, 3.05) is 26.7 Å². The van der Waals surface area contributed by atoms with Gasteiger partial charge in [0.25, 0.3) is 5.91 Å². The van der Waals surface area contributed by atoms with Gasteiger partial charge in [-0.05, 0) is 55.8 Å². The monoisotopic (exact) mass is 490 g/mol. The van der Waals surface area contributed by atoms with Crippen molar-refractivity contribution in [2.24, 2.45) is 5.92 Å². The van der Waals surface area contributed by atoms with Gasteiger partial charge in [-0.3, -0.25) is 4.79 Å². The molecule has 0 fully saturated rings. The van der Waals surface area contributed by atoms with E-state index in [-0.39, 0.29) is 42.2 Å². The molecule has 1 heterocycles. The lowest BCUT2D eigenvalue weighted by Crippen LogP contribution is -2.50. The Morgan fingerprint density at radius 1 is 1.29 bits per heavy atom. The SMILES string of the molecule is C/C=C/c1ccc2c(c1)O[C@@H](CN(C)C(=O)c1ccc(F)cc1)[C@H](C)CN([C@@H](C)CO)S2(=O)=O. The molecule has 184 valence electrons. The van der Waals surface area contributed by atoms with Crippen LogP contribution < -0.4 is 4.74 Å². The Hall–Kier alpha value is -2.75. The molecule has 1 aliphatic rings. The Balaban J connectivity index is 1.99. The molecule has 1 aliphatic heterocycles. The second-order valence-corrected chi connectivity index (χ2v) is 10.5. The summed E-state index contributed by atoms with van der Waals surface area (Å²) in [6.07, 6.45) is 3.15. The minimum absolute atomic E-state index is 0.0190. The van der Waals surface area contributed by atoms with Crippen molar-refractivity contribution in [3.63, 3.8) is 0 Å². The van der Waals surface area contributed by atoms with Crippen LogP contribution in [0, 0.1) is 11.7 Å². The van der Waals surface area contributed by atoms with Gasteiger partial charge in [-0.1, -0.05) is 25.1 Å². The first-order valence-corrected chi connectivity index (χ1v) is 12.6. The van der Waals surface area contributed by atoms with Crippen LogP contribution in [0.2, 0.25) is 0 Å². The number of likely N-dealkylation sites (N-methyl/N-ethyl adjacent to an activating group) is 1. The van der Waals surface area contributed by atoms with Gasteiger partial charge in [0.2, 0.25) is 10.0 Å². The van der Waals surface area contributed by atoms with E-state index in [9.17, 15) is 22.7 Å². The zero-order chi connectivity index (χ0) is 25.0. The average Bonchev–Trinajstić information content (AvgIpc) is 2.81. The van der Waals surface area contributed by atoms with Crippen LogP contribution in [0.3, 0.4) is 0 Å². The molecule has 3 rings (SSSR count). The predicted molar refractivity (Wildman–Crippen MR) is 129 cm³/mol. The fourth-order valence-corrected chi connectivity index (χ4v) is 5.75. The van der Waals surface area contributed by atoms with Gasteiger partial charge < -0.3 is 14.7 Å². The molecule has 0 bridgehead atoms. The van der Waals surface area contributed by atoms with Crippen molar-refractivity contribution in [2.45, 2.75) is 37.8 Å². The molecule has 0 saturated heterocycles. The average molecular weight is 491 g/mol. The van der Waals surface area contributed by atoms with Gasteiger partial charge in [0.1, 0.15) is 22.6 Å². The maximum absolute atomic E-state index is 13.5. The van der Waals surface area contributed by atoms with E-state index in [1.165, 1.54) is 39.5 Å². The number of nitrogens with zero attached hydrogens (tertiary/aromatic N) is 2. The molecule has 3 atom stereocenters. The second kappa shape index (κ2) is 10.7. The molecule has 9 heteroatoms. The molecule has 0 saturated carbocycles. The first-order chi connectivity index (χ1) is 16.1. The number of fused-ring (bicyclic) bond motifs is 1. The van der Waals surface area contributed by atoms with Gasteiger partial charge in [-0.25, -0.2) is 12.8 Å². The number of amides is 1. The standard InChI is InChI=1S/C25H31FN2O5S/c1-5-6-19-7-12-24-22(13-19)33-23(17(2)14-28(18(3)16-29)34(24,31)32)15-27(4)25(30)20-8-10-21(26)11-9-20/h5-13,17-18,23,29H,14-16H2,1-4H3/b6-5+/t17-,18+,23+/m1/s1. The first-order valence-electron chi connectivity index (χ1n) is 11.2. The van der Waals surface area contributed by atoms with Gasteiger partial charge in [0.05, 0.1) is 13.2 Å². The van der Waals surface area contributed by atoms with Crippen molar-refractivity contribution in [3.8, 4) is 5.75 Å². The number of aliphatic hydroxyl groups is 1. The van der Waals surface area contributed by atoms with Gasteiger partial charge in [0.15, 0.2) is 0 Å². The number of hydrogen-bond acceptors (Lipinski definition) is 5. The molecule has 0 radical (unpaired) electrons. The van der Waals surface area contributed by atoms with Crippen molar-refractivity contribution in [3.05, 3.63) is 65.5 Å². The zero-order valence-electron chi connectivity index (χ0n) is 19.8. The minimum atomic E-state index is -3.93. The van der Waals surface area contributed by atoms with Crippen LogP contribution in [-0.4, -0.2) is 67.5 Å².